The van der Waals surface area contributed by atoms with Crippen LogP contribution in [0.15, 0.2) is 73.1 Å². The monoisotopic (exact) mass is 604 g/mol. The van der Waals surface area contributed by atoms with Gasteiger partial charge in [-0.15, -0.1) is 11.3 Å². The van der Waals surface area contributed by atoms with Crippen molar-refractivity contribution in [3.05, 3.63) is 95.0 Å². The van der Waals surface area contributed by atoms with Gasteiger partial charge >= 0.3 is 6.18 Å². The molecule has 0 aliphatic carbocycles. The molecule has 0 atom stereocenters. The fourth-order valence-electron chi connectivity index (χ4n) is 4.75. The van der Waals surface area contributed by atoms with Gasteiger partial charge in [0.1, 0.15) is 21.2 Å². The second kappa shape index (κ2) is 10.6. The van der Waals surface area contributed by atoms with Gasteiger partial charge in [-0.1, -0.05) is 30.3 Å². The van der Waals surface area contributed by atoms with Gasteiger partial charge in [-0.05, 0) is 48.4 Å². The molecule has 0 unspecified atom stereocenters. The lowest BCUT2D eigenvalue weighted by Crippen LogP contribution is -2.17. The number of nitrogens with zero attached hydrogens (tertiary/aromatic N) is 4. The largest absolute Gasteiger partial charge is 0.433 e. The van der Waals surface area contributed by atoms with Gasteiger partial charge in [0.15, 0.2) is 0 Å². The fourth-order valence-corrected chi connectivity index (χ4v) is 5.76. The lowest BCUT2D eigenvalue weighted by Gasteiger charge is -2.13. The molecule has 216 valence electrons. The summed E-state index contributed by atoms with van der Waals surface area (Å²) in [5.41, 5.74) is 6.38. The minimum atomic E-state index is -4.82. The van der Waals surface area contributed by atoms with Crippen LogP contribution in [0.1, 0.15) is 32.6 Å². The number of halogens is 4. The number of carbonyl (C=O) groups is 2. The summed E-state index contributed by atoms with van der Waals surface area (Å²) in [5.74, 6) is -2.22. The summed E-state index contributed by atoms with van der Waals surface area (Å²) >= 11 is 0.623. The SMILES string of the molecule is CCn1cc(-c2cc(C(=O)Nc3c(C(N)=O)sc4nc(C(F)(F)F)cc(-c5ccc(F)cc5)c34)c3ccccc3n2)cn1. The van der Waals surface area contributed by atoms with E-state index < -0.39 is 29.5 Å². The molecule has 0 radical (unpaired) electrons. The van der Waals surface area contributed by atoms with Gasteiger partial charge in [-0.2, -0.15) is 18.3 Å². The average Bonchev–Trinajstić information content (AvgIpc) is 3.61. The molecule has 4 aromatic heterocycles. The Bertz CT molecular complexity index is 2050. The Balaban J connectivity index is 1.55. The molecule has 43 heavy (non-hydrogen) atoms. The molecule has 4 heterocycles. The summed E-state index contributed by atoms with van der Waals surface area (Å²) in [6, 6.07) is 14.1. The van der Waals surface area contributed by atoms with E-state index in [4.69, 9.17) is 5.73 Å². The van der Waals surface area contributed by atoms with Gasteiger partial charge < -0.3 is 11.1 Å². The van der Waals surface area contributed by atoms with Crippen molar-refractivity contribution in [2.45, 2.75) is 19.6 Å². The van der Waals surface area contributed by atoms with Crippen LogP contribution >= 0.6 is 11.3 Å². The van der Waals surface area contributed by atoms with Crippen molar-refractivity contribution in [3.8, 4) is 22.4 Å². The van der Waals surface area contributed by atoms with Gasteiger partial charge in [-0.3, -0.25) is 14.3 Å². The topological polar surface area (TPSA) is 116 Å². The van der Waals surface area contributed by atoms with Crippen LogP contribution in [-0.2, 0) is 12.7 Å². The summed E-state index contributed by atoms with van der Waals surface area (Å²) in [6.45, 7) is 2.56. The van der Waals surface area contributed by atoms with Crippen molar-refractivity contribution in [1.82, 2.24) is 19.7 Å². The number of benzene rings is 2. The Morgan fingerprint density at radius 3 is 2.44 bits per heavy atom. The van der Waals surface area contributed by atoms with Crippen molar-refractivity contribution >= 4 is 50.0 Å². The minimum absolute atomic E-state index is 0.0105. The third-order valence-electron chi connectivity index (χ3n) is 6.78. The van der Waals surface area contributed by atoms with Crippen molar-refractivity contribution in [2.24, 2.45) is 5.73 Å². The smallest absolute Gasteiger partial charge is 0.365 e. The van der Waals surface area contributed by atoms with E-state index in [1.807, 2.05) is 6.92 Å². The molecule has 6 rings (SSSR count). The van der Waals surface area contributed by atoms with Crippen molar-refractivity contribution in [2.75, 3.05) is 5.32 Å². The molecular formula is C30H20F4N6O2S. The van der Waals surface area contributed by atoms with Crippen molar-refractivity contribution < 1.29 is 27.2 Å². The molecule has 0 bridgehead atoms. The number of aromatic nitrogens is 4. The predicted octanol–water partition coefficient (Wildman–Crippen LogP) is 6.90. The molecule has 2 amide bonds. The summed E-state index contributed by atoms with van der Waals surface area (Å²) in [5, 5.41) is 7.57. The average molecular weight is 605 g/mol. The zero-order chi connectivity index (χ0) is 30.5. The second-order valence-electron chi connectivity index (χ2n) is 9.52. The number of carbonyl (C=O) groups excluding carboxylic acids is 2. The molecular weight excluding hydrogens is 584 g/mol. The number of pyridine rings is 2. The number of rotatable bonds is 6. The first kappa shape index (κ1) is 28.0. The molecule has 3 N–H and O–H groups in total. The lowest BCUT2D eigenvalue weighted by atomic mass is 10.0. The number of hydrogen-bond donors (Lipinski definition) is 2. The van der Waals surface area contributed by atoms with Gasteiger partial charge in [0.2, 0.25) is 0 Å². The Hall–Kier alpha value is -5.17. The molecule has 8 nitrogen and oxygen atoms in total. The van der Waals surface area contributed by atoms with Gasteiger partial charge in [0, 0.05) is 29.1 Å². The first-order valence-electron chi connectivity index (χ1n) is 12.9. The normalized spacial score (nSPS) is 11.7. The van der Waals surface area contributed by atoms with Crippen LogP contribution < -0.4 is 11.1 Å². The molecule has 0 saturated carbocycles. The summed E-state index contributed by atoms with van der Waals surface area (Å²) in [7, 11) is 0. The maximum Gasteiger partial charge on any atom is 0.433 e. The van der Waals surface area contributed by atoms with E-state index in [2.05, 4.69) is 20.4 Å². The van der Waals surface area contributed by atoms with Crippen LogP contribution in [0.25, 0.3) is 43.5 Å². The third-order valence-corrected chi connectivity index (χ3v) is 7.88. The number of amides is 2. The number of alkyl halides is 3. The number of nitrogens with one attached hydrogen (secondary N) is 1. The number of nitrogens with two attached hydrogens (primary N) is 1. The number of aryl methyl sites for hydroxylation is 1. The minimum Gasteiger partial charge on any atom is -0.365 e. The van der Waals surface area contributed by atoms with Gasteiger partial charge in [0.25, 0.3) is 11.8 Å². The highest BCUT2D eigenvalue weighted by Crippen LogP contribution is 2.44. The molecule has 13 heteroatoms. The van der Waals surface area contributed by atoms with E-state index in [-0.39, 0.29) is 37.5 Å². The van der Waals surface area contributed by atoms with Gasteiger partial charge in [0.05, 0.1) is 28.7 Å². The molecule has 0 fully saturated rings. The number of thiophene rings is 1. The molecule has 0 spiro atoms. The second-order valence-corrected chi connectivity index (χ2v) is 10.5. The molecule has 6 aromatic rings. The van der Waals surface area contributed by atoms with E-state index in [9.17, 15) is 27.2 Å². The third kappa shape index (κ3) is 5.18. The Labute approximate surface area is 244 Å². The van der Waals surface area contributed by atoms with Crippen LogP contribution in [0.3, 0.4) is 0 Å². The van der Waals surface area contributed by atoms with Crippen LogP contribution in [-0.4, -0.2) is 31.6 Å². The number of para-hydroxylation sites is 1. The standard InChI is InChI=1S/C30H20F4N6O2S/c1-2-40-14-16(13-36-40)22-11-20(18-5-3-4-6-21(18)37-22)28(42)39-25-24-19(15-7-9-17(31)10-8-15)12-23(30(32,33)34)38-29(24)43-26(25)27(35)41/h3-14H,2H2,1H3,(H2,35,41)(H,39,42). The van der Waals surface area contributed by atoms with Crippen LogP contribution in [0.5, 0.6) is 0 Å². The lowest BCUT2D eigenvalue weighted by molar-refractivity contribution is -0.140. The van der Waals surface area contributed by atoms with Crippen molar-refractivity contribution in [3.63, 3.8) is 0 Å². The molecule has 2 aromatic carbocycles. The van der Waals surface area contributed by atoms with E-state index in [0.717, 1.165) is 18.2 Å². The highest BCUT2D eigenvalue weighted by atomic mass is 32.1. The van der Waals surface area contributed by atoms with E-state index in [0.29, 0.717) is 40.0 Å². The highest BCUT2D eigenvalue weighted by molar-refractivity contribution is 7.21. The Morgan fingerprint density at radius 2 is 1.77 bits per heavy atom. The predicted molar refractivity (Wildman–Crippen MR) is 155 cm³/mol. The molecule has 0 aliphatic rings. The Morgan fingerprint density at radius 1 is 1.02 bits per heavy atom. The van der Waals surface area contributed by atoms with Crippen LogP contribution in [0, 0.1) is 5.82 Å². The summed E-state index contributed by atoms with van der Waals surface area (Å²) in [4.78, 5) is 34.5. The molecule has 0 aliphatic heterocycles. The zero-order valence-electron chi connectivity index (χ0n) is 22.2. The number of hydrogen-bond acceptors (Lipinski definition) is 6. The van der Waals surface area contributed by atoms with E-state index >= 15 is 0 Å². The Kier molecular flexibility index (Phi) is 6.89. The number of anilines is 1. The van der Waals surface area contributed by atoms with Crippen LogP contribution in [0.2, 0.25) is 0 Å². The summed E-state index contributed by atoms with van der Waals surface area (Å²) < 4.78 is 56.9. The van der Waals surface area contributed by atoms with E-state index in [1.165, 1.54) is 12.1 Å². The zero-order valence-corrected chi connectivity index (χ0v) is 23.1. The quantitative estimate of drug-likeness (QED) is 0.201. The first-order chi connectivity index (χ1) is 20.5. The maximum absolute atomic E-state index is 14.0. The number of primary amides is 1. The highest BCUT2D eigenvalue weighted by Gasteiger charge is 2.35. The van der Waals surface area contributed by atoms with Gasteiger partial charge in [-0.25, -0.2) is 14.4 Å². The first-order valence-corrected chi connectivity index (χ1v) is 13.7. The summed E-state index contributed by atoms with van der Waals surface area (Å²) in [6.07, 6.45) is -1.41. The van der Waals surface area contributed by atoms with Crippen LogP contribution in [0.4, 0.5) is 23.2 Å². The van der Waals surface area contributed by atoms with Crippen molar-refractivity contribution in [1.29, 1.82) is 0 Å². The fraction of sp³-hybridized carbons (Fsp3) is 0.100. The van der Waals surface area contributed by atoms with E-state index in [1.54, 1.807) is 47.4 Å². The molecule has 0 saturated heterocycles. The maximum atomic E-state index is 14.0. The number of fused-ring (bicyclic) bond motifs is 2.